The van der Waals surface area contributed by atoms with E-state index < -0.39 is 9.84 Å². The van der Waals surface area contributed by atoms with Crippen LogP contribution in [0, 0.1) is 0 Å². The Bertz CT molecular complexity index is 694. The van der Waals surface area contributed by atoms with E-state index >= 15 is 0 Å². The van der Waals surface area contributed by atoms with E-state index in [-0.39, 0.29) is 5.16 Å². The molecule has 1 aromatic rings. The van der Waals surface area contributed by atoms with Crippen LogP contribution in [0.5, 0.6) is 0 Å². The maximum atomic E-state index is 11.7. The molecule has 1 rings (SSSR count). The summed E-state index contributed by atoms with van der Waals surface area (Å²) in [5.74, 6) is 0. The van der Waals surface area contributed by atoms with Gasteiger partial charge in [-0.3, -0.25) is 4.79 Å². The molecule has 1 aromatic heterocycles. The standard InChI is InChI=1S/C15H21N3O3S/c1-5-7-12-9-16-15(22(4,20)21)17-14(12)13(8-6-2)10-18(3)11-19/h6,8-11H,5,7H2,1-4H3/b8-6-,13-10+. The zero-order chi connectivity index (χ0) is 16.8. The maximum absolute atomic E-state index is 11.7. The Morgan fingerprint density at radius 3 is 2.59 bits per heavy atom. The number of rotatable bonds is 7. The molecule has 0 saturated carbocycles. The lowest BCUT2D eigenvalue weighted by molar-refractivity contribution is -0.114. The van der Waals surface area contributed by atoms with Crippen LogP contribution in [0.4, 0.5) is 0 Å². The smallest absolute Gasteiger partial charge is 0.247 e. The molecule has 0 bridgehead atoms. The van der Waals surface area contributed by atoms with Crippen molar-refractivity contribution in [3.63, 3.8) is 0 Å². The quantitative estimate of drug-likeness (QED) is 0.434. The summed E-state index contributed by atoms with van der Waals surface area (Å²) >= 11 is 0. The SMILES string of the molecule is C/C=C\C(=C/N(C)C=O)c1nc(S(C)(=O)=O)ncc1CCC. The van der Waals surface area contributed by atoms with Crippen molar-refractivity contribution in [2.24, 2.45) is 0 Å². The fourth-order valence-electron chi connectivity index (χ4n) is 1.88. The molecule has 0 spiro atoms. The summed E-state index contributed by atoms with van der Waals surface area (Å²) in [4.78, 5) is 20.3. The van der Waals surface area contributed by atoms with Crippen molar-refractivity contribution in [2.45, 2.75) is 31.8 Å². The van der Waals surface area contributed by atoms with Gasteiger partial charge in [0.25, 0.3) is 0 Å². The molecule has 0 unspecified atom stereocenters. The third kappa shape index (κ3) is 4.77. The molecule has 0 radical (unpaired) electrons. The molecule has 0 fully saturated rings. The number of aromatic nitrogens is 2. The average Bonchev–Trinajstić information content (AvgIpc) is 2.46. The van der Waals surface area contributed by atoms with Gasteiger partial charge in [-0.25, -0.2) is 18.4 Å². The zero-order valence-electron chi connectivity index (χ0n) is 13.3. The minimum Gasteiger partial charge on any atom is -0.324 e. The summed E-state index contributed by atoms with van der Waals surface area (Å²) in [5, 5.41) is -0.216. The van der Waals surface area contributed by atoms with E-state index in [1.807, 2.05) is 19.9 Å². The lowest BCUT2D eigenvalue weighted by atomic mass is 10.0. The summed E-state index contributed by atoms with van der Waals surface area (Å²) in [6.07, 6.45) is 10.1. The van der Waals surface area contributed by atoms with Crippen LogP contribution in [0.1, 0.15) is 31.5 Å². The van der Waals surface area contributed by atoms with Crippen LogP contribution in [0.25, 0.3) is 5.57 Å². The highest BCUT2D eigenvalue weighted by Crippen LogP contribution is 2.21. The predicted molar refractivity (Wildman–Crippen MR) is 85.8 cm³/mol. The highest BCUT2D eigenvalue weighted by Gasteiger charge is 2.16. The van der Waals surface area contributed by atoms with Crippen LogP contribution in [-0.4, -0.2) is 43.0 Å². The van der Waals surface area contributed by atoms with Gasteiger partial charge in [0.15, 0.2) is 0 Å². The molecule has 120 valence electrons. The number of carbonyl (C=O) groups excluding carboxylic acids is 1. The second kappa shape index (κ2) is 7.84. The third-order valence-corrected chi connectivity index (χ3v) is 3.68. The fourth-order valence-corrected chi connectivity index (χ4v) is 2.39. The lowest BCUT2D eigenvalue weighted by Crippen LogP contribution is -2.11. The van der Waals surface area contributed by atoms with Crippen molar-refractivity contribution < 1.29 is 13.2 Å². The van der Waals surface area contributed by atoms with Gasteiger partial charge in [-0.05, 0) is 18.9 Å². The second-order valence-corrected chi connectivity index (χ2v) is 6.81. The molecule has 0 aliphatic rings. The van der Waals surface area contributed by atoms with E-state index in [9.17, 15) is 13.2 Å². The predicted octanol–water partition coefficient (Wildman–Crippen LogP) is 1.84. The van der Waals surface area contributed by atoms with Gasteiger partial charge in [0, 0.05) is 31.3 Å². The minimum absolute atomic E-state index is 0.216. The van der Waals surface area contributed by atoms with E-state index in [4.69, 9.17) is 0 Å². The number of carbonyl (C=O) groups is 1. The maximum Gasteiger partial charge on any atom is 0.247 e. The first-order valence-corrected chi connectivity index (χ1v) is 8.80. The first-order chi connectivity index (χ1) is 10.3. The molecular weight excluding hydrogens is 302 g/mol. The van der Waals surface area contributed by atoms with Crippen molar-refractivity contribution in [3.8, 4) is 0 Å². The molecule has 1 heterocycles. The Kier molecular flexibility index (Phi) is 6.42. The lowest BCUT2D eigenvalue weighted by Gasteiger charge is -2.12. The van der Waals surface area contributed by atoms with Crippen molar-refractivity contribution in [1.29, 1.82) is 0 Å². The molecule has 0 aliphatic carbocycles. The van der Waals surface area contributed by atoms with Gasteiger partial charge in [0.1, 0.15) is 0 Å². The van der Waals surface area contributed by atoms with Gasteiger partial charge in [-0.2, -0.15) is 0 Å². The van der Waals surface area contributed by atoms with Crippen LogP contribution in [0.2, 0.25) is 0 Å². The van der Waals surface area contributed by atoms with Crippen molar-refractivity contribution in [1.82, 2.24) is 14.9 Å². The van der Waals surface area contributed by atoms with Crippen LogP contribution < -0.4 is 0 Å². The van der Waals surface area contributed by atoms with Crippen LogP contribution in [-0.2, 0) is 21.1 Å². The highest BCUT2D eigenvalue weighted by atomic mass is 32.2. The Morgan fingerprint density at radius 2 is 2.09 bits per heavy atom. The minimum atomic E-state index is -3.50. The van der Waals surface area contributed by atoms with Crippen molar-refractivity contribution >= 4 is 21.8 Å². The summed E-state index contributed by atoms with van der Waals surface area (Å²) in [6, 6.07) is 0. The molecule has 1 amide bonds. The second-order valence-electron chi connectivity index (χ2n) is 4.90. The molecule has 0 atom stereocenters. The topological polar surface area (TPSA) is 80.2 Å². The number of aryl methyl sites for hydroxylation is 1. The van der Waals surface area contributed by atoms with Crippen LogP contribution in [0.15, 0.2) is 29.7 Å². The van der Waals surface area contributed by atoms with Crippen LogP contribution >= 0.6 is 0 Å². The Labute approximate surface area is 131 Å². The van der Waals surface area contributed by atoms with Gasteiger partial charge >= 0.3 is 0 Å². The number of hydrogen-bond acceptors (Lipinski definition) is 5. The van der Waals surface area contributed by atoms with E-state index in [0.717, 1.165) is 24.7 Å². The van der Waals surface area contributed by atoms with E-state index in [0.29, 0.717) is 17.7 Å². The summed E-state index contributed by atoms with van der Waals surface area (Å²) < 4.78 is 23.4. The van der Waals surface area contributed by atoms with Gasteiger partial charge in [-0.15, -0.1) is 0 Å². The number of sulfone groups is 1. The molecule has 7 heteroatoms. The molecular formula is C15H21N3O3S. The Balaban J connectivity index is 3.56. The van der Waals surface area contributed by atoms with Gasteiger partial charge < -0.3 is 4.90 Å². The fraction of sp³-hybridized carbons (Fsp3) is 0.400. The first kappa shape index (κ1) is 18.0. The summed E-state index contributed by atoms with van der Waals surface area (Å²) in [5.41, 5.74) is 2.04. The van der Waals surface area contributed by atoms with Crippen LogP contribution in [0.3, 0.4) is 0 Å². The number of amides is 1. The van der Waals surface area contributed by atoms with Gasteiger partial charge in [-0.1, -0.05) is 25.5 Å². The largest absolute Gasteiger partial charge is 0.324 e. The average molecular weight is 323 g/mol. The Morgan fingerprint density at radius 1 is 1.41 bits per heavy atom. The molecule has 0 saturated heterocycles. The van der Waals surface area contributed by atoms with Gasteiger partial charge in [0.05, 0.1) is 5.69 Å². The first-order valence-electron chi connectivity index (χ1n) is 6.91. The number of nitrogens with zero attached hydrogens (tertiary/aromatic N) is 3. The molecule has 0 N–H and O–H groups in total. The normalized spacial score (nSPS) is 12.6. The molecule has 6 nitrogen and oxygen atoms in total. The zero-order valence-corrected chi connectivity index (χ0v) is 14.1. The molecule has 0 aliphatic heterocycles. The van der Waals surface area contributed by atoms with Crippen molar-refractivity contribution in [2.75, 3.05) is 13.3 Å². The van der Waals surface area contributed by atoms with E-state index in [1.54, 1.807) is 25.5 Å². The van der Waals surface area contributed by atoms with E-state index in [2.05, 4.69) is 9.97 Å². The molecule has 22 heavy (non-hydrogen) atoms. The Hall–Kier alpha value is -2.02. The van der Waals surface area contributed by atoms with Crippen molar-refractivity contribution in [3.05, 3.63) is 35.8 Å². The highest BCUT2D eigenvalue weighted by molar-refractivity contribution is 7.90. The summed E-state index contributed by atoms with van der Waals surface area (Å²) in [6.45, 7) is 3.86. The third-order valence-electron chi connectivity index (χ3n) is 2.82. The number of hydrogen-bond donors (Lipinski definition) is 0. The molecule has 0 aromatic carbocycles. The van der Waals surface area contributed by atoms with Gasteiger partial charge in [0.2, 0.25) is 21.4 Å². The van der Waals surface area contributed by atoms with E-state index in [1.165, 1.54) is 4.90 Å². The monoisotopic (exact) mass is 323 g/mol. The summed E-state index contributed by atoms with van der Waals surface area (Å²) in [7, 11) is -1.89. The number of allylic oxidation sites excluding steroid dienone is 3.